The molecule has 120 valence electrons. The van der Waals surface area contributed by atoms with Crippen LogP contribution in [0.1, 0.15) is 40.0 Å². The van der Waals surface area contributed by atoms with Crippen LogP contribution in [-0.4, -0.2) is 51.3 Å². The Morgan fingerprint density at radius 3 is 2.45 bits per heavy atom. The van der Waals surface area contributed by atoms with E-state index in [2.05, 4.69) is 20.8 Å². The Hall–Kier alpha value is -0.170. The van der Waals surface area contributed by atoms with Crippen molar-refractivity contribution in [3.8, 4) is 0 Å². The highest BCUT2D eigenvalue weighted by Crippen LogP contribution is 2.29. The molecule has 0 aromatic heterocycles. The van der Waals surface area contributed by atoms with E-state index in [-0.39, 0.29) is 17.6 Å². The fraction of sp³-hybridized carbons (Fsp3) is 1.00. The third-order valence-corrected chi connectivity index (χ3v) is 5.32. The van der Waals surface area contributed by atoms with E-state index in [1.165, 1.54) is 6.26 Å². The van der Waals surface area contributed by atoms with Crippen molar-refractivity contribution in [2.45, 2.75) is 52.2 Å². The van der Waals surface area contributed by atoms with Gasteiger partial charge in [0.2, 0.25) is 10.0 Å². The Labute approximate surface area is 123 Å². The Kier molecular flexibility index (Phi) is 6.01. The summed E-state index contributed by atoms with van der Waals surface area (Å²) >= 11 is 0. The van der Waals surface area contributed by atoms with Gasteiger partial charge in [-0.05, 0) is 30.6 Å². The molecule has 0 spiro atoms. The highest BCUT2D eigenvalue weighted by molar-refractivity contribution is 7.88. The predicted octanol–water partition coefficient (Wildman–Crippen LogP) is 1.44. The summed E-state index contributed by atoms with van der Waals surface area (Å²) in [7, 11) is -1.39. The molecule has 1 fully saturated rings. The fourth-order valence-electron chi connectivity index (χ4n) is 3.20. The van der Waals surface area contributed by atoms with E-state index >= 15 is 0 Å². The van der Waals surface area contributed by atoms with Crippen molar-refractivity contribution < 1.29 is 13.2 Å². The summed E-state index contributed by atoms with van der Waals surface area (Å²) in [5.41, 5.74) is 6.29. The van der Waals surface area contributed by atoms with Crippen LogP contribution in [0.3, 0.4) is 0 Å². The van der Waals surface area contributed by atoms with Crippen molar-refractivity contribution in [2.75, 3.05) is 26.5 Å². The summed E-state index contributed by atoms with van der Waals surface area (Å²) in [6.07, 6.45) is 4.03. The zero-order valence-electron chi connectivity index (χ0n) is 13.4. The molecule has 5 nitrogen and oxygen atoms in total. The van der Waals surface area contributed by atoms with Crippen molar-refractivity contribution in [1.82, 2.24) is 4.31 Å². The van der Waals surface area contributed by atoms with E-state index in [1.807, 2.05) is 0 Å². The van der Waals surface area contributed by atoms with Gasteiger partial charge in [0.05, 0.1) is 12.4 Å². The second-order valence-corrected chi connectivity index (χ2v) is 9.03. The van der Waals surface area contributed by atoms with Crippen LogP contribution in [0.25, 0.3) is 0 Å². The van der Waals surface area contributed by atoms with Crippen LogP contribution in [0.5, 0.6) is 0 Å². The van der Waals surface area contributed by atoms with Crippen molar-refractivity contribution >= 4 is 10.0 Å². The molecular formula is C14H30N2O3S. The van der Waals surface area contributed by atoms with Gasteiger partial charge < -0.3 is 10.5 Å². The molecule has 1 saturated heterocycles. The lowest BCUT2D eigenvalue weighted by molar-refractivity contribution is -0.00865. The van der Waals surface area contributed by atoms with Crippen molar-refractivity contribution in [3.63, 3.8) is 0 Å². The number of sulfonamides is 1. The molecule has 0 aliphatic carbocycles. The van der Waals surface area contributed by atoms with Gasteiger partial charge >= 0.3 is 0 Å². The molecule has 0 aromatic rings. The predicted molar refractivity (Wildman–Crippen MR) is 82.0 cm³/mol. The molecule has 0 saturated carbocycles. The van der Waals surface area contributed by atoms with Gasteiger partial charge in [0.15, 0.2) is 0 Å². The monoisotopic (exact) mass is 306 g/mol. The molecule has 3 unspecified atom stereocenters. The quantitative estimate of drug-likeness (QED) is 0.834. The number of hydrogen-bond acceptors (Lipinski definition) is 4. The first-order chi connectivity index (χ1) is 9.05. The molecule has 0 radical (unpaired) electrons. The Balaban J connectivity index is 2.64. The third kappa shape index (κ3) is 4.98. The largest absolute Gasteiger partial charge is 0.379 e. The van der Waals surface area contributed by atoms with Gasteiger partial charge in [0, 0.05) is 26.2 Å². The number of nitrogens with two attached hydrogens (primary N) is 1. The highest BCUT2D eigenvalue weighted by atomic mass is 32.2. The van der Waals surface area contributed by atoms with Crippen LogP contribution in [0.15, 0.2) is 0 Å². The highest BCUT2D eigenvalue weighted by Gasteiger charge is 2.33. The number of nitrogens with zero attached hydrogens (tertiary/aromatic N) is 1. The lowest BCUT2D eigenvalue weighted by Crippen LogP contribution is -2.48. The minimum absolute atomic E-state index is 0.0145. The number of piperidine rings is 1. The van der Waals surface area contributed by atoms with Crippen LogP contribution in [0.4, 0.5) is 0 Å². The lowest BCUT2D eigenvalue weighted by atomic mass is 9.80. The minimum Gasteiger partial charge on any atom is -0.379 e. The molecule has 1 aliphatic heterocycles. The number of ether oxygens (including phenoxy) is 1. The van der Waals surface area contributed by atoms with Gasteiger partial charge in [-0.15, -0.1) is 0 Å². The van der Waals surface area contributed by atoms with E-state index < -0.39 is 10.0 Å². The fourth-order valence-corrected chi connectivity index (χ4v) is 4.14. The summed E-state index contributed by atoms with van der Waals surface area (Å²) < 4.78 is 30.4. The number of hydrogen-bond donors (Lipinski definition) is 1. The van der Waals surface area contributed by atoms with Gasteiger partial charge in [-0.2, -0.15) is 0 Å². The van der Waals surface area contributed by atoms with Crippen LogP contribution < -0.4 is 5.73 Å². The van der Waals surface area contributed by atoms with Crippen LogP contribution in [0.2, 0.25) is 0 Å². The zero-order chi connectivity index (χ0) is 15.6. The zero-order valence-corrected chi connectivity index (χ0v) is 14.2. The molecule has 1 aliphatic rings. The first kappa shape index (κ1) is 17.9. The van der Waals surface area contributed by atoms with Gasteiger partial charge in [-0.1, -0.05) is 20.8 Å². The van der Waals surface area contributed by atoms with Crippen LogP contribution >= 0.6 is 0 Å². The normalized spacial score (nSPS) is 25.4. The molecule has 6 heteroatoms. The van der Waals surface area contributed by atoms with Crippen LogP contribution in [-0.2, 0) is 14.8 Å². The van der Waals surface area contributed by atoms with Gasteiger partial charge in [-0.25, -0.2) is 12.7 Å². The second-order valence-electron chi connectivity index (χ2n) is 7.05. The smallest absolute Gasteiger partial charge is 0.211 e. The summed E-state index contributed by atoms with van der Waals surface area (Å²) in [6, 6.07) is -0.0653. The average Bonchev–Trinajstić information content (AvgIpc) is 2.26. The molecule has 0 bridgehead atoms. The van der Waals surface area contributed by atoms with Gasteiger partial charge in [-0.3, -0.25) is 0 Å². The van der Waals surface area contributed by atoms with Crippen molar-refractivity contribution in [1.29, 1.82) is 0 Å². The molecule has 1 heterocycles. The summed E-state index contributed by atoms with van der Waals surface area (Å²) in [6.45, 7) is 7.57. The molecule has 0 amide bonds. The SMILES string of the molecule is COC(C(N)CC1CCCN(S(C)(=O)=O)C1)C(C)(C)C. The maximum atomic E-state index is 11.6. The standard InChI is InChI=1S/C14H30N2O3S/c1-14(2,3)13(19-4)12(15)9-11-7-6-8-16(10-11)20(5,17)18/h11-13H,6-10,15H2,1-5H3. The maximum absolute atomic E-state index is 11.6. The average molecular weight is 306 g/mol. The van der Waals surface area contributed by atoms with Crippen molar-refractivity contribution in [2.24, 2.45) is 17.1 Å². The van der Waals surface area contributed by atoms with E-state index in [9.17, 15) is 8.42 Å². The summed E-state index contributed by atoms with van der Waals surface area (Å²) in [5, 5.41) is 0. The van der Waals surface area contributed by atoms with E-state index in [1.54, 1.807) is 11.4 Å². The molecule has 2 N–H and O–H groups in total. The van der Waals surface area contributed by atoms with E-state index in [0.29, 0.717) is 19.0 Å². The topological polar surface area (TPSA) is 72.6 Å². The Morgan fingerprint density at radius 1 is 1.40 bits per heavy atom. The first-order valence-corrected chi connectivity index (χ1v) is 9.14. The molecule has 0 aromatic carbocycles. The summed E-state index contributed by atoms with van der Waals surface area (Å²) in [5.74, 6) is 0.327. The molecule has 1 rings (SSSR count). The summed E-state index contributed by atoms with van der Waals surface area (Å²) in [4.78, 5) is 0. The van der Waals surface area contributed by atoms with Crippen LogP contribution in [0, 0.1) is 11.3 Å². The molecule has 3 atom stereocenters. The minimum atomic E-state index is -3.09. The van der Waals surface area contributed by atoms with E-state index in [4.69, 9.17) is 10.5 Å². The molecular weight excluding hydrogens is 276 g/mol. The van der Waals surface area contributed by atoms with Gasteiger partial charge in [0.25, 0.3) is 0 Å². The Morgan fingerprint density at radius 2 is 2.00 bits per heavy atom. The molecule has 20 heavy (non-hydrogen) atoms. The van der Waals surface area contributed by atoms with Gasteiger partial charge in [0.1, 0.15) is 0 Å². The first-order valence-electron chi connectivity index (χ1n) is 7.29. The number of methoxy groups -OCH3 is 1. The second kappa shape index (κ2) is 6.73. The number of rotatable bonds is 5. The van der Waals surface area contributed by atoms with E-state index in [0.717, 1.165) is 19.3 Å². The Bertz CT molecular complexity index is 403. The maximum Gasteiger partial charge on any atom is 0.211 e. The van der Waals surface area contributed by atoms with Crippen molar-refractivity contribution in [3.05, 3.63) is 0 Å². The third-order valence-electron chi connectivity index (χ3n) is 4.05. The lowest BCUT2D eigenvalue weighted by Gasteiger charge is -2.37.